The SMILES string of the molecule is CCCCCCCCCCCCCCCCCC(=O)O.CCCCCCCCCCCCCCCCCC(=O)O.OCCCCCCCCCCCCCCCCCCO. The fourth-order valence-corrected chi connectivity index (χ4v) is 7.99. The summed E-state index contributed by atoms with van der Waals surface area (Å²) in [4.78, 5) is 20.7. The van der Waals surface area contributed by atoms with E-state index in [0.29, 0.717) is 26.1 Å². The van der Waals surface area contributed by atoms with Crippen molar-refractivity contribution in [2.45, 2.75) is 322 Å². The van der Waals surface area contributed by atoms with E-state index in [2.05, 4.69) is 13.8 Å². The molecule has 0 aromatic rings. The van der Waals surface area contributed by atoms with Crippen molar-refractivity contribution in [1.82, 2.24) is 0 Å². The first-order valence-electron chi connectivity index (χ1n) is 27.1. The van der Waals surface area contributed by atoms with Gasteiger partial charge >= 0.3 is 11.9 Å². The summed E-state index contributed by atoms with van der Waals surface area (Å²) in [5.74, 6) is -1.31. The summed E-state index contributed by atoms with van der Waals surface area (Å²) in [6.45, 7) is 5.27. The molecule has 0 aliphatic carbocycles. The largest absolute Gasteiger partial charge is 0.481 e. The van der Waals surface area contributed by atoms with Gasteiger partial charge in [-0.15, -0.1) is 0 Å². The maximum Gasteiger partial charge on any atom is 0.303 e. The molecule has 0 heterocycles. The van der Waals surface area contributed by atoms with Gasteiger partial charge in [-0.25, -0.2) is 0 Å². The van der Waals surface area contributed by atoms with Crippen molar-refractivity contribution < 1.29 is 30.0 Å². The van der Waals surface area contributed by atoms with E-state index in [0.717, 1.165) is 38.5 Å². The van der Waals surface area contributed by atoms with Crippen molar-refractivity contribution in [3.05, 3.63) is 0 Å². The molecule has 0 aliphatic heterocycles. The Bertz CT molecular complexity index is 696. The van der Waals surface area contributed by atoms with Gasteiger partial charge < -0.3 is 20.4 Å². The van der Waals surface area contributed by atoms with Gasteiger partial charge in [-0.05, 0) is 25.7 Å². The molecule has 0 fully saturated rings. The van der Waals surface area contributed by atoms with Crippen molar-refractivity contribution in [2.24, 2.45) is 0 Å². The molecule has 0 rings (SSSR count). The highest BCUT2D eigenvalue weighted by atomic mass is 16.4. The van der Waals surface area contributed by atoms with Crippen molar-refractivity contribution >= 4 is 11.9 Å². The number of carbonyl (C=O) groups is 2. The van der Waals surface area contributed by atoms with Gasteiger partial charge in [-0.1, -0.05) is 284 Å². The molecule has 0 aromatic carbocycles. The molecule has 0 saturated carbocycles. The van der Waals surface area contributed by atoms with E-state index in [1.807, 2.05) is 0 Å². The van der Waals surface area contributed by atoms with Crippen LogP contribution in [0.4, 0.5) is 0 Å². The van der Waals surface area contributed by atoms with Crippen LogP contribution in [-0.4, -0.2) is 45.6 Å². The van der Waals surface area contributed by atoms with Crippen LogP contribution in [0.25, 0.3) is 0 Å². The van der Waals surface area contributed by atoms with Gasteiger partial charge in [0.2, 0.25) is 0 Å². The molecule has 0 saturated heterocycles. The lowest BCUT2D eigenvalue weighted by Crippen LogP contribution is -1.93. The molecule has 0 radical (unpaired) electrons. The van der Waals surface area contributed by atoms with Crippen LogP contribution in [0.1, 0.15) is 322 Å². The summed E-state index contributed by atoms with van der Waals surface area (Å²) >= 11 is 0. The van der Waals surface area contributed by atoms with Crippen LogP contribution in [0, 0.1) is 0 Å². The van der Waals surface area contributed by atoms with E-state index in [1.54, 1.807) is 0 Å². The van der Waals surface area contributed by atoms with E-state index >= 15 is 0 Å². The minimum Gasteiger partial charge on any atom is -0.481 e. The quantitative estimate of drug-likeness (QED) is 0.0453. The Morgan fingerprint density at radius 1 is 0.233 bits per heavy atom. The molecule has 362 valence electrons. The van der Waals surface area contributed by atoms with Crippen LogP contribution in [-0.2, 0) is 9.59 Å². The summed E-state index contributed by atoms with van der Waals surface area (Å²) in [6, 6.07) is 0. The van der Waals surface area contributed by atoms with E-state index in [-0.39, 0.29) is 0 Å². The highest BCUT2D eigenvalue weighted by Gasteiger charge is 1.99. The normalized spacial score (nSPS) is 10.9. The lowest BCUT2D eigenvalue weighted by Gasteiger charge is -2.03. The molecule has 4 N–H and O–H groups in total. The summed E-state index contributed by atoms with van der Waals surface area (Å²) in [5, 5.41) is 34.4. The maximum absolute atomic E-state index is 10.3. The van der Waals surface area contributed by atoms with Crippen LogP contribution >= 0.6 is 0 Å². The summed E-state index contributed by atoms with van der Waals surface area (Å²) in [7, 11) is 0. The van der Waals surface area contributed by atoms with Crippen molar-refractivity contribution in [3.63, 3.8) is 0 Å². The average Bonchev–Trinajstić information content (AvgIpc) is 3.23. The number of hydrogen-bond acceptors (Lipinski definition) is 4. The number of hydrogen-bond donors (Lipinski definition) is 4. The number of aliphatic carboxylic acids is 2. The zero-order valence-electron chi connectivity index (χ0n) is 41.0. The molecule has 0 amide bonds. The Hall–Kier alpha value is -1.14. The third-order valence-electron chi connectivity index (χ3n) is 12.1. The second kappa shape index (κ2) is 62.2. The Labute approximate surface area is 376 Å². The number of aliphatic hydroxyl groups excluding tert-OH is 2. The zero-order chi connectivity index (χ0) is 44.5. The number of carboxylic acids is 2. The Kier molecular flexibility index (Phi) is 65.4. The van der Waals surface area contributed by atoms with Gasteiger partial charge in [0.25, 0.3) is 0 Å². The van der Waals surface area contributed by atoms with E-state index in [9.17, 15) is 9.59 Å². The molecular weight excluding hydrogens is 745 g/mol. The van der Waals surface area contributed by atoms with Gasteiger partial charge in [0.15, 0.2) is 0 Å². The van der Waals surface area contributed by atoms with Crippen LogP contribution in [0.3, 0.4) is 0 Å². The molecule has 0 aliphatic rings. The number of carboxylic acid groups (broad SMARTS) is 2. The minimum atomic E-state index is -0.653. The van der Waals surface area contributed by atoms with Gasteiger partial charge in [0, 0.05) is 26.1 Å². The second-order valence-corrected chi connectivity index (χ2v) is 18.3. The first-order chi connectivity index (χ1) is 29.5. The second-order valence-electron chi connectivity index (χ2n) is 18.3. The summed E-state index contributed by atoms with van der Waals surface area (Å²) < 4.78 is 0. The molecule has 0 bridgehead atoms. The van der Waals surface area contributed by atoms with Crippen LogP contribution in [0.2, 0.25) is 0 Å². The highest BCUT2D eigenvalue weighted by Crippen LogP contribution is 2.16. The van der Waals surface area contributed by atoms with Crippen molar-refractivity contribution in [3.8, 4) is 0 Å². The fraction of sp³-hybridized carbons (Fsp3) is 0.963. The highest BCUT2D eigenvalue weighted by molar-refractivity contribution is 5.66. The predicted octanol–water partition coefficient (Wildman–Crippen LogP) is 17.9. The monoisotopic (exact) mass is 855 g/mol. The van der Waals surface area contributed by atoms with Crippen LogP contribution < -0.4 is 0 Å². The van der Waals surface area contributed by atoms with Crippen LogP contribution in [0.15, 0.2) is 0 Å². The van der Waals surface area contributed by atoms with Crippen molar-refractivity contribution in [1.29, 1.82) is 0 Å². The molecule has 0 aromatic heterocycles. The van der Waals surface area contributed by atoms with Gasteiger partial charge in [0.1, 0.15) is 0 Å². The molecule has 6 heteroatoms. The molecule has 0 spiro atoms. The standard InChI is InChI=1S/2C18H36O2.C18H38O2/c2*1-2-3-4-5-6-7-8-9-10-11-12-13-14-15-16-17-18(19)20;19-17-15-13-11-9-7-5-3-1-2-4-6-8-10-12-14-16-18-20/h2*2-17H2,1H3,(H,19,20);19-20H,1-18H2. The van der Waals surface area contributed by atoms with Crippen molar-refractivity contribution in [2.75, 3.05) is 13.2 Å². The Balaban J connectivity index is -0.000000812. The lowest BCUT2D eigenvalue weighted by molar-refractivity contribution is -0.138. The molecule has 0 unspecified atom stereocenters. The molecule has 60 heavy (non-hydrogen) atoms. The smallest absolute Gasteiger partial charge is 0.303 e. The minimum absolute atomic E-state index is 0.345. The molecular formula is C54H110O6. The fourth-order valence-electron chi connectivity index (χ4n) is 7.99. The Morgan fingerprint density at radius 3 is 0.500 bits per heavy atom. The number of aliphatic hydroxyl groups is 2. The molecule has 6 nitrogen and oxygen atoms in total. The van der Waals surface area contributed by atoms with Crippen LogP contribution in [0.5, 0.6) is 0 Å². The first kappa shape index (κ1) is 63.2. The Morgan fingerprint density at radius 2 is 0.367 bits per heavy atom. The zero-order valence-corrected chi connectivity index (χ0v) is 41.0. The van der Waals surface area contributed by atoms with E-state index in [1.165, 1.54) is 257 Å². The number of unbranched alkanes of at least 4 members (excludes halogenated alkanes) is 43. The third kappa shape index (κ3) is 71.4. The van der Waals surface area contributed by atoms with Gasteiger partial charge in [0.05, 0.1) is 0 Å². The average molecular weight is 855 g/mol. The number of rotatable bonds is 49. The van der Waals surface area contributed by atoms with Gasteiger partial charge in [-0.3, -0.25) is 9.59 Å². The lowest BCUT2D eigenvalue weighted by atomic mass is 10.0. The third-order valence-corrected chi connectivity index (χ3v) is 12.1. The molecule has 0 atom stereocenters. The van der Waals surface area contributed by atoms with E-state index in [4.69, 9.17) is 20.4 Å². The predicted molar refractivity (Wildman–Crippen MR) is 262 cm³/mol. The topological polar surface area (TPSA) is 115 Å². The van der Waals surface area contributed by atoms with E-state index < -0.39 is 11.9 Å². The first-order valence-corrected chi connectivity index (χ1v) is 27.1. The summed E-state index contributed by atoms with van der Waals surface area (Å²) in [5.41, 5.74) is 0. The van der Waals surface area contributed by atoms with Gasteiger partial charge in [-0.2, -0.15) is 0 Å². The maximum atomic E-state index is 10.3. The summed E-state index contributed by atoms with van der Waals surface area (Å²) in [6.07, 6.45) is 61.3.